The third-order valence-corrected chi connectivity index (χ3v) is 0.839. The SMILES string of the molecule is CCc1nc(F)n[nH]1. The van der Waals surface area contributed by atoms with Crippen molar-refractivity contribution < 1.29 is 4.39 Å². The third kappa shape index (κ3) is 0.828. The fourth-order valence-electron chi connectivity index (χ4n) is 0.430. The largest absolute Gasteiger partial charge is 0.327 e. The number of hydrogen-bond donors (Lipinski definition) is 1. The standard InChI is InChI=1S/C4H6FN3/c1-2-3-6-4(5)8-7-3/h2H2,1H3,(H,6,7,8). The van der Waals surface area contributed by atoms with E-state index >= 15 is 0 Å². The van der Waals surface area contributed by atoms with Gasteiger partial charge in [-0.1, -0.05) is 6.92 Å². The molecule has 0 saturated carbocycles. The van der Waals surface area contributed by atoms with Gasteiger partial charge in [0.25, 0.3) is 0 Å². The zero-order valence-corrected chi connectivity index (χ0v) is 4.48. The Balaban J connectivity index is 2.84. The van der Waals surface area contributed by atoms with Crippen molar-refractivity contribution in [3.63, 3.8) is 0 Å². The van der Waals surface area contributed by atoms with Crippen molar-refractivity contribution in [1.82, 2.24) is 15.2 Å². The van der Waals surface area contributed by atoms with Gasteiger partial charge < -0.3 is 0 Å². The molecule has 8 heavy (non-hydrogen) atoms. The summed E-state index contributed by atoms with van der Waals surface area (Å²) in [5.41, 5.74) is 0. The number of rotatable bonds is 1. The van der Waals surface area contributed by atoms with Crippen LogP contribution >= 0.6 is 0 Å². The van der Waals surface area contributed by atoms with Crippen LogP contribution in [0.4, 0.5) is 4.39 Å². The van der Waals surface area contributed by atoms with Crippen LogP contribution in [0.2, 0.25) is 0 Å². The molecule has 0 fully saturated rings. The molecular formula is C4H6FN3. The first kappa shape index (κ1) is 5.21. The number of hydrogen-bond acceptors (Lipinski definition) is 2. The monoisotopic (exact) mass is 115 g/mol. The average molecular weight is 115 g/mol. The minimum Gasteiger partial charge on any atom is -0.260 e. The zero-order valence-electron chi connectivity index (χ0n) is 4.48. The van der Waals surface area contributed by atoms with E-state index in [1.54, 1.807) is 0 Å². The Labute approximate surface area is 45.9 Å². The Hall–Kier alpha value is -0.930. The molecule has 0 spiro atoms. The van der Waals surface area contributed by atoms with Crippen LogP contribution in [0, 0.1) is 6.08 Å². The highest BCUT2D eigenvalue weighted by molar-refractivity contribution is 4.78. The second-order valence-electron chi connectivity index (χ2n) is 1.40. The van der Waals surface area contributed by atoms with Crippen molar-refractivity contribution in [2.75, 3.05) is 0 Å². The van der Waals surface area contributed by atoms with Crippen molar-refractivity contribution in [2.24, 2.45) is 0 Å². The highest BCUT2D eigenvalue weighted by atomic mass is 19.1. The third-order valence-electron chi connectivity index (χ3n) is 0.839. The van der Waals surface area contributed by atoms with E-state index < -0.39 is 6.08 Å². The summed E-state index contributed by atoms with van der Waals surface area (Å²) in [7, 11) is 0. The predicted molar refractivity (Wildman–Crippen MR) is 25.7 cm³/mol. The molecule has 44 valence electrons. The maximum absolute atomic E-state index is 11.9. The molecule has 1 N–H and O–H groups in total. The molecule has 3 nitrogen and oxygen atoms in total. The van der Waals surface area contributed by atoms with Crippen LogP contribution in [0.5, 0.6) is 0 Å². The smallest absolute Gasteiger partial charge is 0.260 e. The Kier molecular flexibility index (Phi) is 1.24. The van der Waals surface area contributed by atoms with Gasteiger partial charge in [-0.3, -0.25) is 5.10 Å². The van der Waals surface area contributed by atoms with Gasteiger partial charge in [-0.2, -0.15) is 9.37 Å². The van der Waals surface area contributed by atoms with Gasteiger partial charge in [0.1, 0.15) is 5.82 Å². The van der Waals surface area contributed by atoms with Crippen LogP contribution in [0.25, 0.3) is 0 Å². The molecule has 0 unspecified atom stereocenters. The molecule has 0 bridgehead atoms. The van der Waals surface area contributed by atoms with E-state index in [1.165, 1.54) is 0 Å². The average Bonchev–Trinajstić information content (AvgIpc) is 2.14. The molecule has 1 aromatic rings. The summed E-state index contributed by atoms with van der Waals surface area (Å²) < 4.78 is 11.9. The van der Waals surface area contributed by atoms with Crippen molar-refractivity contribution in [2.45, 2.75) is 13.3 Å². The van der Waals surface area contributed by atoms with E-state index in [0.29, 0.717) is 12.2 Å². The first-order valence-corrected chi connectivity index (χ1v) is 2.39. The zero-order chi connectivity index (χ0) is 5.98. The summed E-state index contributed by atoms with van der Waals surface area (Å²) in [6.07, 6.45) is 0.0125. The van der Waals surface area contributed by atoms with Gasteiger partial charge in [0.05, 0.1) is 0 Å². The topological polar surface area (TPSA) is 41.6 Å². The molecule has 0 aliphatic rings. The molecule has 0 aliphatic heterocycles. The number of nitrogens with one attached hydrogen (secondary N) is 1. The van der Waals surface area contributed by atoms with E-state index in [9.17, 15) is 4.39 Å². The number of halogens is 1. The Morgan fingerprint density at radius 3 is 2.75 bits per heavy atom. The molecular weight excluding hydrogens is 109 g/mol. The van der Waals surface area contributed by atoms with Gasteiger partial charge in [-0.05, 0) is 0 Å². The lowest BCUT2D eigenvalue weighted by atomic mass is 10.5. The van der Waals surface area contributed by atoms with E-state index in [0.717, 1.165) is 0 Å². The maximum atomic E-state index is 11.9. The van der Waals surface area contributed by atoms with Crippen molar-refractivity contribution in [3.05, 3.63) is 11.9 Å². The number of aryl methyl sites for hydroxylation is 1. The fourth-order valence-corrected chi connectivity index (χ4v) is 0.430. The molecule has 1 heterocycles. The van der Waals surface area contributed by atoms with Gasteiger partial charge >= 0.3 is 6.08 Å². The lowest BCUT2D eigenvalue weighted by molar-refractivity contribution is 0.543. The number of H-pyrrole nitrogens is 1. The first-order valence-electron chi connectivity index (χ1n) is 2.39. The first-order chi connectivity index (χ1) is 3.83. The quantitative estimate of drug-likeness (QED) is 0.579. The molecule has 0 aliphatic carbocycles. The van der Waals surface area contributed by atoms with Crippen LogP contribution < -0.4 is 0 Å². The van der Waals surface area contributed by atoms with E-state index in [4.69, 9.17) is 0 Å². The molecule has 0 aromatic carbocycles. The number of aromatic amines is 1. The molecule has 0 radical (unpaired) electrons. The molecule has 1 rings (SSSR count). The van der Waals surface area contributed by atoms with Crippen molar-refractivity contribution >= 4 is 0 Å². The van der Waals surface area contributed by atoms with E-state index in [-0.39, 0.29) is 0 Å². The van der Waals surface area contributed by atoms with Crippen LogP contribution in [-0.2, 0) is 6.42 Å². The van der Waals surface area contributed by atoms with E-state index in [2.05, 4.69) is 15.2 Å². The summed E-state index contributed by atoms with van der Waals surface area (Å²) in [6, 6.07) is 0. The van der Waals surface area contributed by atoms with Crippen LogP contribution in [0.1, 0.15) is 12.7 Å². The van der Waals surface area contributed by atoms with Gasteiger partial charge in [-0.25, -0.2) is 0 Å². The van der Waals surface area contributed by atoms with Gasteiger partial charge in [0.15, 0.2) is 0 Å². The lowest BCUT2D eigenvalue weighted by Gasteiger charge is -1.77. The van der Waals surface area contributed by atoms with Gasteiger partial charge in [0, 0.05) is 6.42 Å². The highest BCUT2D eigenvalue weighted by Gasteiger charge is 1.95. The molecule has 4 heteroatoms. The van der Waals surface area contributed by atoms with Crippen molar-refractivity contribution in [1.29, 1.82) is 0 Å². The molecule has 0 saturated heterocycles. The minimum absolute atomic E-state index is 0.586. The fraction of sp³-hybridized carbons (Fsp3) is 0.500. The second-order valence-corrected chi connectivity index (χ2v) is 1.40. The summed E-state index contributed by atoms with van der Waals surface area (Å²) in [5.74, 6) is 0.586. The number of nitrogens with zero attached hydrogens (tertiary/aromatic N) is 2. The predicted octanol–water partition coefficient (Wildman–Crippen LogP) is 0.506. The minimum atomic E-state index is -0.679. The van der Waals surface area contributed by atoms with Crippen LogP contribution in [0.3, 0.4) is 0 Å². The second kappa shape index (κ2) is 1.90. The van der Waals surface area contributed by atoms with Crippen molar-refractivity contribution in [3.8, 4) is 0 Å². The normalized spacial score (nSPS) is 9.75. The Bertz CT molecular complexity index is 172. The van der Waals surface area contributed by atoms with Crippen LogP contribution in [0.15, 0.2) is 0 Å². The summed E-state index contributed by atoms with van der Waals surface area (Å²) in [5, 5.41) is 5.60. The van der Waals surface area contributed by atoms with Gasteiger partial charge in [-0.15, -0.1) is 5.10 Å². The van der Waals surface area contributed by atoms with Gasteiger partial charge in [0.2, 0.25) is 0 Å². The highest BCUT2D eigenvalue weighted by Crippen LogP contribution is 1.88. The maximum Gasteiger partial charge on any atom is 0.327 e. The lowest BCUT2D eigenvalue weighted by Crippen LogP contribution is -1.80. The van der Waals surface area contributed by atoms with E-state index in [1.807, 2.05) is 6.92 Å². The summed E-state index contributed by atoms with van der Waals surface area (Å²) in [6.45, 7) is 1.87. The molecule has 1 aromatic heterocycles. The number of aromatic nitrogens is 3. The Morgan fingerprint density at radius 2 is 2.50 bits per heavy atom. The Morgan fingerprint density at radius 1 is 1.75 bits per heavy atom. The summed E-state index contributed by atoms with van der Waals surface area (Å²) in [4.78, 5) is 3.40. The van der Waals surface area contributed by atoms with Crippen LogP contribution in [-0.4, -0.2) is 15.2 Å². The summed E-state index contributed by atoms with van der Waals surface area (Å²) >= 11 is 0. The molecule has 0 atom stereocenters. The molecule has 0 amide bonds.